The smallest absolute Gasteiger partial charge is 0.327 e. The second-order valence-electron chi connectivity index (χ2n) is 4.06. The fourth-order valence-corrected chi connectivity index (χ4v) is 2.03. The number of aryl methyl sites for hydroxylation is 1. The summed E-state index contributed by atoms with van der Waals surface area (Å²) < 4.78 is 20.5. The van der Waals surface area contributed by atoms with Crippen LogP contribution in [-0.4, -0.2) is 17.1 Å². The number of rotatable bonds is 3. The summed E-state index contributed by atoms with van der Waals surface area (Å²) in [5, 5.41) is 0.376. The second-order valence-corrected chi connectivity index (χ2v) is 4.06. The average Bonchev–Trinajstić information content (AvgIpc) is 2.68. The molecule has 2 rings (SSSR count). The van der Waals surface area contributed by atoms with Gasteiger partial charge < -0.3 is 15.0 Å². The molecule has 0 radical (unpaired) electrons. The molecule has 18 heavy (non-hydrogen) atoms. The summed E-state index contributed by atoms with van der Waals surface area (Å²) in [7, 11) is 1.78. The average molecular weight is 250 g/mol. The summed E-state index contributed by atoms with van der Waals surface area (Å²) in [4.78, 5) is 11.6. The standard InChI is InChI=1S/C13H15FN2O2/c1-3-18-13(17)12(15)8-7-16(2)10-6-4-5-9(14)11(8)10/h4-7,12H,3,15H2,1-2H3. The maximum Gasteiger partial charge on any atom is 0.327 e. The van der Waals surface area contributed by atoms with Gasteiger partial charge in [0.1, 0.15) is 11.9 Å². The maximum atomic E-state index is 13.8. The van der Waals surface area contributed by atoms with Crippen LogP contribution in [0.25, 0.3) is 10.9 Å². The van der Waals surface area contributed by atoms with E-state index in [0.717, 1.165) is 0 Å². The SMILES string of the molecule is CCOC(=O)C(N)c1cn(C)c2cccc(F)c12. The van der Waals surface area contributed by atoms with E-state index in [1.165, 1.54) is 6.07 Å². The first-order valence-corrected chi connectivity index (χ1v) is 5.72. The van der Waals surface area contributed by atoms with E-state index >= 15 is 0 Å². The molecule has 1 heterocycles. The lowest BCUT2D eigenvalue weighted by Crippen LogP contribution is -2.23. The number of ether oxygens (including phenoxy) is 1. The molecule has 0 aliphatic carbocycles. The third-order valence-electron chi connectivity index (χ3n) is 2.87. The molecule has 96 valence electrons. The van der Waals surface area contributed by atoms with Gasteiger partial charge in [0.2, 0.25) is 0 Å². The molecule has 1 aromatic carbocycles. The van der Waals surface area contributed by atoms with Crippen molar-refractivity contribution < 1.29 is 13.9 Å². The molecule has 2 aromatic rings. The summed E-state index contributed by atoms with van der Waals surface area (Å²) in [6.45, 7) is 1.95. The van der Waals surface area contributed by atoms with E-state index in [1.54, 1.807) is 36.9 Å². The minimum absolute atomic E-state index is 0.250. The zero-order chi connectivity index (χ0) is 13.3. The molecule has 2 N–H and O–H groups in total. The molecule has 0 aliphatic rings. The molecule has 0 spiro atoms. The van der Waals surface area contributed by atoms with E-state index in [4.69, 9.17) is 10.5 Å². The third kappa shape index (κ3) is 1.97. The van der Waals surface area contributed by atoms with Crippen molar-refractivity contribution in [3.05, 3.63) is 35.8 Å². The molecule has 4 nitrogen and oxygen atoms in total. The van der Waals surface area contributed by atoms with Gasteiger partial charge in [0.05, 0.1) is 12.1 Å². The molecular formula is C13H15FN2O2. The van der Waals surface area contributed by atoms with Crippen molar-refractivity contribution in [3.8, 4) is 0 Å². The fourth-order valence-electron chi connectivity index (χ4n) is 2.03. The number of esters is 1. The zero-order valence-electron chi connectivity index (χ0n) is 10.3. The highest BCUT2D eigenvalue weighted by atomic mass is 19.1. The lowest BCUT2D eigenvalue weighted by Gasteiger charge is -2.09. The number of benzene rings is 1. The van der Waals surface area contributed by atoms with Crippen molar-refractivity contribution >= 4 is 16.9 Å². The summed E-state index contributed by atoms with van der Waals surface area (Å²) >= 11 is 0. The molecule has 0 bridgehead atoms. The van der Waals surface area contributed by atoms with Gasteiger partial charge in [-0.25, -0.2) is 9.18 Å². The van der Waals surface area contributed by atoms with Gasteiger partial charge in [-0.15, -0.1) is 0 Å². The lowest BCUT2D eigenvalue weighted by atomic mass is 10.1. The van der Waals surface area contributed by atoms with Gasteiger partial charge in [-0.05, 0) is 19.1 Å². The number of hydrogen-bond acceptors (Lipinski definition) is 3. The molecule has 0 aliphatic heterocycles. The Labute approximate surface area is 104 Å². The van der Waals surface area contributed by atoms with E-state index in [0.29, 0.717) is 16.5 Å². The highest BCUT2D eigenvalue weighted by Gasteiger charge is 2.23. The van der Waals surface area contributed by atoms with E-state index in [2.05, 4.69) is 0 Å². The zero-order valence-corrected chi connectivity index (χ0v) is 10.3. The monoisotopic (exact) mass is 250 g/mol. The minimum atomic E-state index is -0.967. The van der Waals surface area contributed by atoms with Crippen LogP contribution in [0.4, 0.5) is 4.39 Å². The van der Waals surface area contributed by atoms with Crippen molar-refractivity contribution in [2.24, 2.45) is 12.8 Å². The van der Waals surface area contributed by atoms with E-state index in [-0.39, 0.29) is 12.4 Å². The van der Waals surface area contributed by atoms with Crippen LogP contribution in [0.2, 0.25) is 0 Å². The molecule has 0 saturated carbocycles. The molecule has 0 amide bonds. The first-order chi connectivity index (χ1) is 8.56. The fraction of sp³-hybridized carbons (Fsp3) is 0.308. The summed E-state index contributed by atoms with van der Waals surface area (Å²) in [6, 6.07) is 3.78. The van der Waals surface area contributed by atoms with Crippen LogP contribution in [0.5, 0.6) is 0 Å². The van der Waals surface area contributed by atoms with Crippen LogP contribution < -0.4 is 5.73 Å². The Kier molecular flexibility index (Phi) is 3.34. The van der Waals surface area contributed by atoms with Gasteiger partial charge in [0, 0.05) is 24.2 Å². The van der Waals surface area contributed by atoms with Gasteiger partial charge in [0.25, 0.3) is 0 Å². The molecule has 0 saturated heterocycles. The summed E-state index contributed by atoms with van der Waals surface area (Å²) in [5.41, 5.74) is 6.97. The summed E-state index contributed by atoms with van der Waals surface area (Å²) in [5.74, 6) is -0.934. The number of halogens is 1. The van der Waals surface area contributed by atoms with Gasteiger partial charge in [-0.2, -0.15) is 0 Å². The Balaban J connectivity index is 2.54. The van der Waals surface area contributed by atoms with Crippen molar-refractivity contribution in [2.45, 2.75) is 13.0 Å². The Morgan fingerprint density at radius 3 is 2.94 bits per heavy atom. The van der Waals surface area contributed by atoms with Crippen molar-refractivity contribution in [1.82, 2.24) is 4.57 Å². The number of aromatic nitrogens is 1. The number of nitrogens with two attached hydrogens (primary N) is 1. The van der Waals surface area contributed by atoms with E-state index in [1.807, 2.05) is 0 Å². The van der Waals surface area contributed by atoms with Gasteiger partial charge >= 0.3 is 5.97 Å². The Hall–Kier alpha value is -1.88. The van der Waals surface area contributed by atoms with E-state index in [9.17, 15) is 9.18 Å². The van der Waals surface area contributed by atoms with Crippen LogP contribution >= 0.6 is 0 Å². The van der Waals surface area contributed by atoms with Crippen molar-refractivity contribution in [2.75, 3.05) is 6.61 Å². The Morgan fingerprint density at radius 2 is 2.28 bits per heavy atom. The molecule has 5 heteroatoms. The van der Waals surface area contributed by atoms with Crippen LogP contribution in [0.15, 0.2) is 24.4 Å². The number of carbonyl (C=O) groups is 1. The quantitative estimate of drug-likeness (QED) is 0.846. The highest BCUT2D eigenvalue weighted by Crippen LogP contribution is 2.27. The van der Waals surface area contributed by atoms with Gasteiger partial charge in [-0.1, -0.05) is 6.07 Å². The maximum absolute atomic E-state index is 13.8. The van der Waals surface area contributed by atoms with Gasteiger partial charge in [0.15, 0.2) is 0 Å². The van der Waals surface area contributed by atoms with Gasteiger partial charge in [-0.3, -0.25) is 0 Å². The van der Waals surface area contributed by atoms with E-state index < -0.39 is 12.0 Å². The predicted molar refractivity (Wildman–Crippen MR) is 66.4 cm³/mol. The number of hydrogen-bond donors (Lipinski definition) is 1. The van der Waals surface area contributed by atoms with Crippen LogP contribution in [0.3, 0.4) is 0 Å². The normalized spacial score (nSPS) is 12.7. The molecule has 1 atom stereocenters. The number of nitrogens with zero attached hydrogens (tertiary/aromatic N) is 1. The van der Waals surface area contributed by atoms with Crippen LogP contribution in [0, 0.1) is 5.82 Å². The Bertz CT molecular complexity index is 592. The van der Waals surface area contributed by atoms with Crippen molar-refractivity contribution in [1.29, 1.82) is 0 Å². The molecular weight excluding hydrogens is 235 g/mol. The minimum Gasteiger partial charge on any atom is -0.465 e. The molecule has 0 fully saturated rings. The molecule has 1 unspecified atom stereocenters. The number of fused-ring (bicyclic) bond motifs is 1. The first-order valence-electron chi connectivity index (χ1n) is 5.72. The summed E-state index contributed by atoms with van der Waals surface area (Å²) in [6.07, 6.45) is 1.66. The second kappa shape index (κ2) is 4.78. The Morgan fingerprint density at radius 1 is 1.56 bits per heavy atom. The van der Waals surface area contributed by atoms with Crippen LogP contribution in [0.1, 0.15) is 18.5 Å². The lowest BCUT2D eigenvalue weighted by molar-refractivity contribution is -0.144. The highest BCUT2D eigenvalue weighted by molar-refractivity contribution is 5.90. The topological polar surface area (TPSA) is 57.2 Å². The molecule has 1 aromatic heterocycles. The predicted octanol–water partition coefficient (Wildman–Crippen LogP) is 1.88. The largest absolute Gasteiger partial charge is 0.465 e. The first kappa shape index (κ1) is 12.6. The van der Waals surface area contributed by atoms with Crippen molar-refractivity contribution in [3.63, 3.8) is 0 Å². The number of carbonyl (C=O) groups excluding carboxylic acids is 1. The third-order valence-corrected chi connectivity index (χ3v) is 2.87. The van der Waals surface area contributed by atoms with Crippen LogP contribution in [-0.2, 0) is 16.6 Å².